The Labute approximate surface area is 131 Å². The number of hydrogen-bond acceptors (Lipinski definition) is 3. The average molecular weight is 319 g/mol. The lowest BCUT2D eigenvalue weighted by atomic mass is 10.2. The number of nitrogens with zero attached hydrogens (tertiary/aromatic N) is 2. The molecule has 2 aromatic rings. The molecule has 1 aliphatic carbocycles. The third-order valence-electron chi connectivity index (χ3n) is 3.87. The molecule has 0 radical (unpaired) electrons. The van der Waals surface area contributed by atoms with Crippen LogP contribution in [0.25, 0.3) is 0 Å². The lowest BCUT2D eigenvalue weighted by Gasteiger charge is -2.06. The Kier molecular flexibility index (Phi) is 4.06. The third-order valence-corrected chi connectivity index (χ3v) is 5.17. The maximum Gasteiger partial charge on any atom is 0.216 e. The molecule has 3 rings (SSSR count). The van der Waals surface area contributed by atoms with Crippen LogP contribution in [0.3, 0.4) is 0 Å². The van der Waals surface area contributed by atoms with Crippen molar-refractivity contribution >= 4 is 10.0 Å². The SMILES string of the molecule is Cc1cccc(CS(=O)(=O)NCc2cc(C3CC3)n(C)n2)c1. The minimum absolute atomic E-state index is 0.00298. The Balaban J connectivity index is 1.63. The van der Waals surface area contributed by atoms with Crippen LogP contribution < -0.4 is 4.72 Å². The summed E-state index contributed by atoms with van der Waals surface area (Å²) in [5.74, 6) is 0.604. The summed E-state index contributed by atoms with van der Waals surface area (Å²) in [4.78, 5) is 0. The second kappa shape index (κ2) is 5.85. The van der Waals surface area contributed by atoms with Crippen molar-refractivity contribution in [3.8, 4) is 0 Å². The van der Waals surface area contributed by atoms with Crippen LogP contribution >= 0.6 is 0 Å². The van der Waals surface area contributed by atoms with E-state index in [0.29, 0.717) is 5.92 Å². The maximum absolute atomic E-state index is 12.2. The molecule has 0 atom stereocenters. The van der Waals surface area contributed by atoms with Gasteiger partial charge in [0.2, 0.25) is 10.0 Å². The Morgan fingerprint density at radius 1 is 1.32 bits per heavy atom. The highest BCUT2D eigenvalue weighted by molar-refractivity contribution is 7.88. The number of benzene rings is 1. The lowest BCUT2D eigenvalue weighted by molar-refractivity contribution is 0.578. The number of nitrogens with one attached hydrogen (secondary N) is 1. The fourth-order valence-electron chi connectivity index (χ4n) is 2.65. The second-order valence-electron chi connectivity index (χ2n) is 6.03. The van der Waals surface area contributed by atoms with Crippen molar-refractivity contribution in [3.63, 3.8) is 0 Å². The fraction of sp³-hybridized carbons (Fsp3) is 0.438. The minimum atomic E-state index is -3.36. The van der Waals surface area contributed by atoms with Crippen LogP contribution in [0.2, 0.25) is 0 Å². The van der Waals surface area contributed by atoms with Crippen LogP contribution in [0.15, 0.2) is 30.3 Å². The second-order valence-corrected chi connectivity index (χ2v) is 7.83. The standard InChI is InChI=1S/C16H21N3O2S/c1-12-4-3-5-13(8-12)11-22(20,21)17-10-15-9-16(14-6-7-14)19(2)18-15/h3-5,8-9,14,17H,6-7,10-11H2,1-2H3. The molecule has 5 nitrogen and oxygen atoms in total. The molecule has 0 saturated heterocycles. The molecule has 1 aromatic heterocycles. The van der Waals surface area contributed by atoms with Gasteiger partial charge >= 0.3 is 0 Å². The highest BCUT2D eigenvalue weighted by atomic mass is 32.2. The number of hydrogen-bond donors (Lipinski definition) is 1. The zero-order valence-electron chi connectivity index (χ0n) is 12.9. The molecule has 22 heavy (non-hydrogen) atoms. The van der Waals surface area contributed by atoms with Crippen LogP contribution in [-0.4, -0.2) is 18.2 Å². The van der Waals surface area contributed by atoms with Crippen molar-refractivity contribution in [3.05, 3.63) is 52.8 Å². The summed E-state index contributed by atoms with van der Waals surface area (Å²) in [6.45, 7) is 2.20. The molecule has 0 aliphatic heterocycles. The topological polar surface area (TPSA) is 64.0 Å². The number of aromatic nitrogens is 2. The van der Waals surface area contributed by atoms with Crippen LogP contribution in [0.1, 0.15) is 41.3 Å². The van der Waals surface area contributed by atoms with E-state index in [1.54, 1.807) is 0 Å². The number of aryl methyl sites for hydroxylation is 2. The molecule has 6 heteroatoms. The summed E-state index contributed by atoms with van der Waals surface area (Å²) in [5.41, 5.74) is 3.84. The molecule has 1 saturated carbocycles. The van der Waals surface area contributed by atoms with Gasteiger partial charge in [0.05, 0.1) is 18.0 Å². The van der Waals surface area contributed by atoms with Crippen molar-refractivity contribution in [1.29, 1.82) is 0 Å². The fourth-order valence-corrected chi connectivity index (χ4v) is 3.74. The first-order valence-corrected chi connectivity index (χ1v) is 9.14. The minimum Gasteiger partial charge on any atom is -0.272 e. The van der Waals surface area contributed by atoms with Crippen molar-refractivity contribution in [2.24, 2.45) is 7.05 Å². The van der Waals surface area contributed by atoms with E-state index in [1.165, 1.54) is 18.5 Å². The van der Waals surface area contributed by atoms with Crippen LogP contribution in [0.4, 0.5) is 0 Å². The first-order valence-electron chi connectivity index (χ1n) is 7.49. The van der Waals surface area contributed by atoms with Gasteiger partial charge in [0.15, 0.2) is 0 Å². The maximum atomic E-state index is 12.2. The van der Waals surface area contributed by atoms with Gasteiger partial charge in [0.1, 0.15) is 0 Å². The molecule has 0 unspecified atom stereocenters. The van der Waals surface area contributed by atoms with Gasteiger partial charge < -0.3 is 0 Å². The molecule has 0 spiro atoms. The predicted octanol–water partition coefficient (Wildman–Crippen LogP) is 2.23. The summed E-state index contributed by atoms with van der Waals surface area (Å²) in [7, 11) is -1.44. The lowest BCUT2D eigenvalue weighted by Crippen LogP contribution is -2.25. The van der Waals surface area contributed by atoms with E-state index in [-0.39, 0.29) is 12.3 Å². The van der Waals surface area contributed by atoms with Gasteiger partial charge in [0, 0.05) is 18.7 Å². The van der Waals surface area contributed by atoms with Crippen molar-refractivity contribution < 1.29 is 8.42 Å². The molecule has 118 valence electrons. The van der Waals surface area contributed by atoms with Gasteiger partial charge in [-0.05, 0) is 31.4 Å². The van der Waals surface area contributed by atoms with Gasteiger partial charge in [0.25, 0.3) is 0 Å². The summed E-state index contributed by atoms with van der Waals surface area (Å²) in [6.07, 6.45) is 2.41. The molecule has 1 aliphatic rings. The average Bonchev–Trinajstić information content (AvgIpc) is 3.20. The van der Waals surface area contributed by atoms with Gasteiger partial charge in [-0.15, -0.1) is 0 Å². The van der Waals surface area contributed by atoms with E-state index in [4.69, 9.17) is 0 Å². The van der Waals surface area contributed by atoms with Crippen LogP contribution in [-0.2, 0) is 29.4 Å². The molecular formula is C16H21N3O2S. The Morgan fingerprint density at radius 2 is 2.09 bits per heavy atom. The summed E-state index contributed by atoms with van der Waals surface area (Å²) in [6, 6.07) is 9.56. The first-order chi connectivity index (χ1) is 10.4. The molecule has 1 N–H and O–H groups in total. The van der Waals surface area contributed by atoms with Gasteiger partial charge in [-0.2, -0.15) is 5.10 Å². The van der Waals surface area contributed by atoms with E-state index in [0.717, 1.165) is 16.8 Å². The molecule has 1 aromatic carbocycles. The van der Waals surface area contributed by atoms with Gasteiger partial charge in [-0.3, -0.25) is 4.68 Å². The quantitative estimate of drug-likeness (QED) is 0.888. The van der Waals surface area contributed by atoms with Crippen molar-refractivity contribution in [2.45, 2.75) is 38.0 Å². The summed E-state index contributed by atoms with van der Waals surface area (Å²) < 4.78 is 28.9. The highest BCUT2D eigenvalue weighted by Crippen LogP contribution is 2.39. The normalized spacial score (nSPS) is 15.2. The van der Waals surface area contributed by atoms with Crippen LogP contribution in [0, 0.1) is 6.92 Å². The number of rotatable bonds is 6. The van der Waals surface area contributed by atoms with Gasteiger partial charge in [-0.1, -0.05) is 29.8 Å². The highest BCUT2D eigenvalue weighted by Gasteiger charge is 2.27. The molecular weight excluding hydrogens is 298 g/mol. The monoisotopic (exact) mass is 319 g/mol. The molecule has 1 heterocycles. The number of sulfonamides is 1. The zero-order chi connectivity index (χ0) is 15.7. The van der Waals surface area contributed by atoms with E-state index in [1.807, 2.05) is 49.0 Å². The summed E-state index contributed by atoms with van der Waals surface area (Å²) in [5, 5.41) is 4.39. The van der Waals surface area contributed by atoms with E-state index >= 15 is 0 Å². The first kappa shape index (κ1) is 15.2. The van der Waals surface area contributed by atoms with E-state index in [9.17, 15) is 8.42 Å². The predicted molar refractivity (Wildman–Crippen MR) is 85.8 cm³/mol. The Bertz CT molecular complexity index is 776. The Hall–Kier alpha value is -1.66. The Morgan fingerprint density at radius 3 is 2.77 bits per heavy atom. The van der Waals surface area contributed by atoms with Gasteiger partial charge in [-0.25, -0.2) is 13.1 Å². The van der Waals surface area contributed by atoms with Crippen molar-refractivity contribution in [1.82, 2.24) is 14.5 Å². The third kappa shape index (κ3) is 3.75. The smallest absolute Gasteiger partial charge is 0.216 e. The van der Waals surface area contributed by atoms with E-state index in [2.05, 4.69) is 9.82 Å². The van der Waals surface area contributed by atoms with Crippen LogP contribution in [0.5, 0.6) is 0 Å². The largest absolute Gasteiger partial charge is 0.272 e. The van der Waals surface area contributed by atoms with E-state index < -0.39 is 10.0 Å². The van der Waals surface area contributed by atoms with Crippen molar-refractivity contribution in [2.75, 3.05) is 0 Å². The molecule has 1 fully saturated rings. The molecule has 0 amide bonds. The molecule has 0 bridgehead atoms. The zero-order valence-corrected chi connectivity index (χ0v) is 13.7. The summed E-state index contributed by atoms with van der Waals surface area (Å²) >= 11 is 0.